The zero-order valence-corrected chi connectivity index (χ0v) is 15.1. The number of aromatic carboxylic acids is 1. The standard InChI is InChI=1S/C18H20ClN3O4/c1-12-14(18(24)25)10-20-22(12)13-6-8-21(9-7-13)17(23)11-26-16-5-3-2-4-15(16)19/h2-5,10,13H,6-9,11H2,1H3,(H,24,25). The molecule has 0 spiro atoms. The molecule has 0 bridgehead atoms. The van der Waals surface area contributed by atoms with Crippen molar-refractivity contribution in [2.24, 2.45) is 0 Å². The van der Waals surface area contributed by atoms with Crippen LogP contribution in [0.5, 0.6) is 5.75 Å². The first-order valence-corrected chi connectivity index (χ1v) is 8.77. The number of aromatic nitrogens is 2. The minimum atomic E-state index is -0.974. The maximum absolute atomic E-state index is 12.3. The van der Waals surface area contributed by atoms with Gasteiger partial charge in [0.25, 0.3) is 5.91 Å². The number of para-hydroxylation sites is 1. The Bertz CT molecular complexity index is 813. The van der Waals surface area contributed by atoms with E-state index in [9.17, 15) is 9.59 Å². The van der Waals surface area contributed by atoms with Crippen LogP contribution in [-0.4, -0.2) is 51.4 Å². The van der Waals surface area contributed by atoms with Gasteiger partial charge < -0.3 is 14.7 Å². The largest absolute Gasteiger partial charge is 0.482 e. The number of hydrogen-bond donors (Lipinski definition) is 1. The molecule has 1 aliphatic rings. The maximum Gasteiger partial charge on any atom is 0.339 e. The van der Waals surface area contributed by atoms with E-state index >= 15 is 0 Å². The van der Waals surface area contributed by atoms with E-state index in [-0.39, 0.29) is 24.1 Å². The fourth-order valence-corrected chi connectivity index (χ4v) is 3.34. The van der Waals surface area contributed by atoms with Gasteiger partial charge in [-0.25, -0.2) is 4.79 Å². The third-order valence-electron chi connectivity index (χ3n) is 4.63. The number of halogens is 1. The summed E-state index contributed by atoms with van der Waals surface area (Å²) in [6, 6.07) is 7.13. The van der Waals surface area contributed by atoms with Crippen molar-refractivity contribution >= 4 is 23.5 Å². The topological polar surface area (TPSA) is 84.7 Å². The predicted molar refractivity (Wildman–Crippen MR) is 95.7 cm³/mol. The highest BCUT2D eigenvalue weighted by atomic mass is 35.5. The molecule has 2 heterocycles. The van der Waals surface area contributed by atoms with Crippen LogP contribution in [0.1, 0.15) is 34.9 Å². The maximum atomic E-state index is 12.3. The normalized spacial score (nSPS) is 15.1. The smallest absolute Gasteiger partial charge is 0.339 e. The highest BCUT2D eigenvalue weighted by molar-refractivity contribution is 6.32. The minimum absolute atomic E-state index is 0.0572. The van der Waals surface area contributed by atoms with Crippen LogP contribution in [0.3, 0.4) is 0 Å². The lowest BCUT2D eigenvalue weighted by Gasteiger charge is -2.32. The molecule has 1 saturated heterocycles. The number of likely N-dealkylation sites (tertiary alicyclic amines) is 1. The van der Waals surface area contributed by atoms with Crippen LogP contribution in [0.15, 0.2) is 30.5 Å². The van der Waals surface area contributed by atoms with Crippen molar-refractivity contribution in [2.45, 2.75) is 25.8 Å². The van der Waals surface area contributed by atoms with Crippen molar-refractivity contribution in [1.29, 1.82) is 0 Å². The Kier molecular flexibility index (Phi) is 5.46. The molecule has 3 rings (SSSR count). The van der Waals surface area contributed by atoms with Crippen LogP contribution in [0.25, 0.3) is 0 Å². The Morgan fingerprint density at radius 1 is 1.31 bits per heavy atom. The van der Waals surface area contributed by atoms with Gasteiger partial charge in [-0.1, -0.05) is 23.7 Å². The molecule has 1 amide bonds. The summed E-state index contributed by atoms with van der Waals surface area (Å²) in [4.78, 5) is 25.2. The molecular weight excluding hydrogens is 358 g/mol. The van der Waals surface area contributed by atoms with Crippen molar-refractivity contribution < 1.29 is 19.4 Å². The first kappa shape index (κ1) is 18.3. The van der Waals surface area contributed by atoms with Gasteiger partial charge in [0.2, 0.25) is 0 Å². The van der Waals surface area contributed by atoms with Crippen LogP contribution in [0.2, 0.25) is 5.02 Å². The molecule has 1 N–H and O–H groups in total. The summed E-state index contributed by atoms with van der Waals surface area (Å²) in [7, 11) is 0. The van der Waals surface area contributed by atoms with Crippen molar-refractivity contribution in [3.05, 3.63) is 46.7 Å². The fraction of sp³-hybridized carbons (Fsp3) is 0.389. The lowest BCUT2D eigenvalue weighted by Crippen LogP contribution is -2.41. The summed E-state index contributed by atoms with van der Waals surface area (Å²) in [5.41, 5.74) is 0.862. The van der Waals surface area contributed by atoms with E-state index in [0.717, 1.165) is 12.8 Å². The molecule has 2 aromatic rings. The predicted octanol–water partition coefficient (Wildman–Crippen LogP) is 2.79. The van der Waals surface area contributed by atoms with Crippen molar-refractivity contribution in [3.63, 3.8) is 0 Å². The average molecular weight is 378 g/mol. The Labute approximate surface area is 156 Å². The number of carboxylic acid groups (broad SMARTS) is 1. The van der Waals surface area contributed by atoms with Gasteiger partial charge in [-0.3, -0.25) is 9.48 Å². The van der Waals surface area contributed by atoms with E-state index in [4.69, 9.17) is 21.4 Å². The highest BCUT2D eigenvalue weighted by Gasteiger charge is 2.26. The summed E-state index contributed by atoms with van der Waals surface area (Å²) >= 11 is 6.02. The lowest BCUT2D eigenvalue weighted by atomic mass is 10.0. The first-order valence-electron chi connectivity index (χ1n) is 8.40. The second-order valence-corrected chi connectivity index (χ2v) is 6.63. The quantitative estimate of drug-likeness (QED) is 0.866. The van der Waals surface area contributed by atoms with Crippen molar-refractivity contribution in [3.8, 4) is 5.75 Å². The Balaban J connectivity index is 1.54. The van der Waals surface area contributed by atoms with Gasteiger partial charge in [-0.05, 0) is 31.9 Å². The Hall–Kier alpha value is -2.54. The molecule has 1 fully saturated rings. The third kappa shape index (κ3) is 3.83. The number of rotatable bonds is 5. The lowest BCUT2D eigenvalue weighted by molar-refractivity contribution is -0.134. The van der Waals surface area contributed by atoms with E-state index in [1.165, 1.54) is 6.20 Å². The Morgan fingerprint density at radius 3 is 2.62 bits per heavy atom. The number of carboxylic acids is 1. The fourth-order valence-electron chi connectivity index (χ4n) is 3.15. The molecule has 0 unspecified atom stereocenters. The number of amides is 1. The van der Waals surface area contributed by atoms with Crippen LogP contribution >= 0.6 is 11.6 Å². The van der Waals surface area contributed by atoms with Crippen LogP contribution in [0.4, 0.5) is 0 Å². The monoisotopic (exact) mass is 377 g/mol. The van der Waals surface area contributed by atoms with Crippen molar-refractivity contribution in [2.75, 3.05) is 19.7 Å². The molecule has 1 aliphatic heterocycles. The number of carbonyl (C=O) groups is 2. The number of benzene rings is 1. The van der Waals surface area contributed by atoms with Crippen LogP contribution in [0, 0.1) is 6.92 Å². The van der Waals surface area contributed by atoms with Gasteiger partial charge in [0.05, 0.1) is 23.0 Å². The summed E-state index contributed by atoms with van der Waals surface area (Å²) in [6.45, 7) is 2.86. The summed E-state index contributed by atoms with van der Waals surface area (Å²) in [5, 5.41) is 13.8. The molecule has 1 aromatic heterocycles. The summed E-state index contributed by atoms with van der Waals surface area (Å²) in [6.07, 6.45) is 2.82. The van der Waals surface area contributed by atoms with Gasteiger partial charge in [0, 0.05) is 13.1 Å². The third-order valence-corrected chi connectivity index (χ3v) is 4.94. The van der Waals surface area contributed by atoms with Crippen LogP contribution in [-0.2, 0) is 4.79 Å². The second kappa shape index (κ2) is 7.78. The summed E-state index contributed by atoms with van der Waals surface area (Å²) in [5.74, 6) is -0.573. The van der Waals surface area contributed by atoms with Crippen LogP contribution < -0.4 is 4.74 Å². The van der Waals surface area contributed by atoms with E-state index in [1.54, 1.807) is 40.8 Å². The molecule has 1 aromatic carbocycles. The average Bonchev–Trinajstić information content (AvgIpc) is 3.02. The van der Waals surface area contributed by atoms with Gasteiger partial charge in [0.1, 0.15) is 11.3 Å². The SMILES string of the molecule is Cc1c(C(=O)O)cnn1C1CCN(C(=O)COc2ccccc2Cl)CC1. The number of hydrogen-bond acceptors (Lipinski definition) is 4. The second-order valence-electron chi connectivity index (χ2n) is 6.22. The van der Waals surface area contributed by atoms with Crippen molar-refractivity contribution in [1.82, 2.24) is 14.7 Å². The first-order chi connectivity index (χ1) is 12.5. The van der Waals surface area contributed by atoms with E-state index in [0.29, 0.717) is 29.6 Å². The molecule has 8 heteroatoms. The number of carbonyl (C=O) groups excluding carboxylic acids is 1. The van der Waals surface area contributed by atoms with Gasteiger partial charge in [-0.2, -0.15) is 5.10 Å². The minimum Gasteiger partial charge on any atom is -0.482 e. The molecule has 138 valence electrons. The van der Waals surface area contributed by atoms with Gasteiger partial charge in [-0.15, -0.1) is 0 Å². The van der Waals surface area contributed by atoms with E-state index in [1.807, 2.05) is 0 Å². The number of piperidine rings is 1. The molecule has 0 aliphatic carbocycles. The van der Waals surface area contributed by atoms with Gasteiger partial charge >= 0.3 is 5.97 Å². The zero-order chi connectivity index (χ0) is 18.7. The molecule has 26 heavy (non-hydrogen) atoms. The van der Waals surface area contributed by atoms with E-state index in [2.05, 4.69) is 5.10 Å². The number of nitrogens with zero attached hydrogens (tertiary/aromatic N) is 3. The molecule has 0 saturated carbocycles. The van der Waals surface area contributed by atoms with E-state index < -0.39 is 5.97 Å². The zero-order valence-electron chi connectivity index (χ0n) is 14.4. The molecule has 7 nitrogen and oxygen atoms in total. The number of ether oxygens (including phenoxy) is 1. The highest BCUT2D eigenvalue weighted by Crippen LogP contribution is 2.26. The molecular formula is C18H20ClN3O4. The van der Waals surface area contributed by atoms with Gasteiger partial charge in [0.15, 0.2) is 6.61 Å². The molecule has 0 radical (unpaired) electrons. The Morgan fingerprint density at radius 2 is 2.00 bits per heavy atom. The summed E-state index contributed by atoms with van der Waals surface area (Å²) < 4.78 is 7.26. The molecule has 0 atom stereocenters.